The lowest BCUT2D eigenvalue weighted by Crippen LogP contribution is -2.33. The van der Waals surface area contributed by atoms with Crippen LogP contribution in [-0.4, -0.2) is 50.7 Å². The molecule has 0 aromatic carbocycles. The third-order valence-corrected chi connectivity index (χ3v) is 8.35. The van der Waals surface area contributed by atoms with E-state index in [4.69, 9.17) is 11.6 Å². The van der Waals surface area contributed by atoms with Crippen LogP contribution in [0.4, 0.5) is 5.69 Å². The van der Waals surface area contributed by atoms with Gasteiger partial charge in [-0.25, -0.2) is 16.8 Å². The summed E-state index contributed by atoms with van der Waals surface area (Å²) in [4.78, 5) is 9.96. The number of halogens is 1. The molecule has 118 valence electrons. The van der Waals surface area contributed by atoms with Gasteiger partial charge in [-0.2, -0.15) is 4.31 Å². The molecule has 0 N–H and O–H groups in total. The van der Waals surface area contributed by atoms with Gasteiger partial charge in [0.25, 0.3) is 15.7 Å². The predicted molar refractivity (Wildman–Crippen MR) is 78.0 cm³/mol. The van der Waals surface area contributed by atoms with Gasteiger partial charge in [-0.05, 0) is 6.42 Å². The summed E-state index contributed by atoms with van der Waals surface area (Å²) >= 11 is 6.26. The van der Waals surface area contributed by atoms with Crippen molar-refractivity contribution in [2.45, 2.75) is 10.6 Å². The van der Waals surface area contributed by atoms with Crippen molar-refractivity contribution in [3.05, 3.63) is 20.5 Å². The van der Waals surface area contributed by atoms with Crippen molar-refractivity contribution in [1.29, 1.82) is 0 Å². The summed E-state index contributed by atoms with van der Waals surface area (Å²) in [6, 6.07) is 0.904. The van der Waals surface area contributed by atoms with Gasteiger partial charge in [0.05, 0.1) is 16.4 Å². The van der Waals surface area contributed by atoms with Gasteiger partial charge in [0, 0.05) is 19.2 Å². The van der Waals surface area contributed by atoms with Gasteiger partial charge in [-0.3, -0.25) is 10.1 Å². The quantitative estimate of drug-likeness (QED) is 0.578. The molecule has 1 saturated heterocycles. The molecule has 0 amide bonds. The molecular weight excluding hydrogens is 364 g/mol. The second-order valence-electron chi connectivity index (χ2n) is 4.39. The second-order valence-corrected chi connectivity index (χ2v) is 10.5. The molecular formula is C9H11ClN2O6S3. The molecule has 0 radical (unpaired) electrons. The number of hydrogen-bond acceptors (Lipinski definition) is 7. The fourth-order valence-electron chi connectivity index (χ4n) is 1.87. The normalized spacial score (nSPS) is 20.0. The highest BCUT2D eigenvalue weighted by Gasteiger charge is 2.32. The standard InChI is InChI=1S/C9H11ClN2O6S3/c10-9-7(12(13)14)6-8(19-9)21(17,18)11-2-1-4-20(15,16)5-3-11/h6H,1-5H2. The maximum Gasteiger partial charge on any atom is 0.300 e. The smallest absolute Gasteiger partial charge is 0.258 e. The molecule has 1 aliphatic heterocycles. The van der Waals surface area contributed by atoms with Crippen molar-refractivity contribution < 1.29 is 21.8 Å². The summed E-state index contributed by atoms with van der Waals surface area (Å²) in [5, 5.41) is 10.7. The molecule has 0 aliphatic carbocycles. The van der Waals surface area contributed by atoms with Crippen LogP contribution in [0.3, 0.4) is 0 Å². The lowest BCUT2D eigenvalue weighted by atomic mass is 10.5. The van der Waals surface area contributed by atoms with Gasteiger partial charge < -0.3 is 0 Å². The van der Waals surface area contributed by atoms with E-state index in [2.05, 4.69) is 0 Å². The largest absolute Gasteiger partial charge is 0.300 e. The van der Waals surface area contributed by atoms with E-state index in [0.29, 0.717) is 11.3 Å². The molecule has 21 heavy (non-hydrogen) atoms. The molecule has 0 saturated carbocycles. The topological polar surface area (TPSA) is 115 Å². The molecule has 1 aromatic rings. The van der Waals surface area contributed by atoms with Crippen molar-refractivity contribution in [3.63, 3.8) is 0 Å². The number of nitrogens with zero attached hydrogens (tertiary/aromatic N) is 2. The fraction of sp³-hybridized carbons (Fsp3) is 0.556. The number of sulfone groups is 1. The third kappa shape index (κ3) is 3.54. The summed E-state index contributed by atoms with van der Waals surface area (Å²) < 4.78 is 48.4. The average molecular weight is 375 g/mol. The molecule has 1 aromatic heterocycles. The van der Waals surface area contributed by atoms with Gasteiger partial charge in [0.2, 0.25) is 0 Å². The monoisotopic (exact) mass is 374 g/mol. The zero-order valence-electron chi connectivity index (χ0n) is 10.6. The van der Waals surface area contributed by atoms with Crippen molar-refractivity contribution >= 4 is 48.5 Å². The highest BCUT2D eigenvalue weighted by atomic mass is 35.5. The first-order valence-corrected chi connectivity index (χ1v) is 10.2. The van der Waals surface area contributed by atoms with Crippen LogP contribution in [0.1, 0.15) is 6.42 Å². The molecule has 1 aliphatic rings. The van der Waals surface area contributed by atoms with E-state index in [-0.39, 0.29) is 39.6 Å². The molecule has 0 bridgehead atoms. The SMILES string of the molecule is O=[N+]([O-])c1cc(S(=O)(=O)N2CCCS(=O)(=O)CC2)sc1Cl. The van der Waals surface area contributed by atoms with E-state index >= 15 is 0 Å². The summed E-state index contributed by atoms with van der Waals surface area (Å²) in [6.07, 6.45) is 0.197. The Labute approximate surface area is 130 Å². The van der Waals surface area contributed by atoms with Gasteiger partial charge in [-0.15, -0.1) is 11.3 Å². The Balaban J connectivity index is 2.34. The second kappa shape index (κ2) is 5.80. The lowest BCUT2D eigenvalue weighted by Gasteiger charge is -2.17. The summed E-state index contributed by atoms with van der Waals surface area (Å²) in [6.45, 7) is -0.0983. The Kier molecular flexibility index (Phi) is 4.59. The van der Waals surface area contributed by atoms with Gasteiger partial charge in [-0.1, -0.05) is 11.6 Å². The maximum atomic E-state index is 12.4. The van der Waals surface area contributed by atoms with Crippen LogP contribution in [0.2, 0.25) is 4.34 Å². The molecule has 1 fully saturated rings. The third-order valence-electron chi connectivity index (χ3n) is 2.95. The van der Waals surface area contributed by atoms with Crippen LogP contribution in [0.15, 0.2) is 10.3 Å². The number of thiophene rings is 1. The fourth-order valence-corrected chi connectivity index (χ4v) is 6.56. The van der Waals surface area contributed by atoms with Gasteiger partial charge in [0.15, 0.2) is 14.2 Å². The Bertz CT molecular complexity index is 769. The first kappa shape index (κ1) is 16.6. The van der Waals surface area contributed by atoms with Crippen molar-refractivity contribution in [3.8, 4) is 0 Å². The zero-order valence-corrected chi connectivity index (χ0v) is 13.8. The molecule has 8 nitrogen and oxygen atoms in total. The van der Waals surface area contributed by atoms with Crippen LogP contribution in [0.5, 0.6) is 0 Å². The van der Waals surface area contributed by atoms with Crippen molar-refractivity contribution in [1.82, 2.24) is 4.31 Å². The average Bonchev–Trinajstić information content (AvgIpc) is 2.66. The van der Waals surface area contributed by atoms with Crippen LogP contribution in [-0.2, 0) is 19.9 Å². The van der Waals surface area contributed by atoms with Crippen molar-refractivity contribution in [2.75, 3.05) is 24.6 Å². The summed E-state index contributed by atoms with van der Waals surface area (Å²) in [5.74, 6) is -0.322. The van der Waals surface area contributed by atoms with Crippen LogP contribution >= 0.6 is 22.9 Å². The van der Waals surface area contributed by atoms with E-state index in [9.17, 15) is 26.9 Å². The molecule has 0 unspecified atom stereocenters. The Morgan fingerprint density at radius 2 is 2.00 bits per heavy atom. The molecule has 0 spiro atoms. The minimum absolute atomic E-state index is 0.0604. The van der Waals surface area contributed by atoms with E-state index < -0.39 is 30.5 Å². The number of sulfonamides is 1. The van der Waals surface area contributed by atoms with E-state index in [0.717, 1.165) is 10.4 Å². The van der Waals surface area contributed by atoms with Crippen LogP contribution < -0.4 is 0 Å². The Morgan fingerprint density at radius 1 is 1.33 bits per heavy atom. The molecule has 2 heterocycles. The van der Waals surface area contributed by atoms with E-state index in [1.807, 2.05) is 0 Å². The van der Waals surface area contributed by atoms with Gasteiger partial charge in [0.1, 0.15) is 4.21 Å². The molecule has 2 rings (SSSR count). The first-order valence-electron chi connectivity index (χ1n) is 5.78. The predicted octanol–water partition coefficient (Wildman–Crippen LogP) is 1.12. The Hall–Kier alpha value is -0.750. The van der Waals surface area contributed by atoms with Crippen LogP contribution in [0.25, 0.3) is 0 Å². The summed E-state index contributed by atoms with van der Waals surface area (Å²) in [5.41, 5.74) is -0.470. The van der Waals surface area contributed by atoms with E-state index in [1.165, 1.54) is 0 Å². The highest BCUT2D eigenvalue weighted by molar-refractivity contribution is 7.92. The first-order chi connectivity index (χ1) is 9.63. The minimum atomic E-state index is -3.97. The highest BCUT2D eigenvalue weighted by Crippen LogP contribution is 2.37. The minimum Gasteiger partial charge on any atom is -0.258 e. The zero-order chi connectivity index (χ0) is 15.8. The molecule has 12 heteroatoms. The van der Waals surface area contributed by atoms with E-state index in [1.54, 1.807) is 0 Å². The number of rotatable bonds is 3. The number of hydrogen-bond donors (Lipinski definition) is 0. The van der Waals surface area contributed by atoms with Crippen LogP contribution in [0, 0.1) is 10.1 Å². The van der Waals surface area contributed by atoms with Crippen molar-refractivity contribution in [2.24, 2.45) is 0 Å². The lowest BCUT2D eigenvalue weighted by molar-refractivity contribution is -0.384. The maximum absolute atomic E-state index is 12.4. The number of nitro groups is 1. The Morgan fingerprint density at radius 3 is 2.57 bits per heavy atom. The molecule has 0 atom stereocenters. The van der Waals surface area contributed by atoms with Gasteiger partial charge >= 0.3 is 0 Å². The summed E-state index contributed by atoms with van der Waals surface area (Å²) in [7, 11) is -7.22.